The Labute approximate surface area is 82.3 Å². The molecule has 2 rings (SSSR count). The van der Waals surface area contributed by atoms with Gasteiger partial charge in [0.05, 0.1) is 19.4 Å². The Morgan fingerprint density at radius 2 is 2.36 bits per heavy atom. The quantitative estimate of drug-likeness (QED) is 0.536. The van der Waals surface area contributed by atoms with Crippen LogP contribution in [0.15, 0.2) is 23.3 Å². The van der Waals surface area contributed by atoms with Gasteiger partial charge in [0.25, 0.3) is 0 Å². The molecule has 0 saturated heterocycles. The topological polar surface area (TPSA) is 56.8 Å². The van der Waals surface area contributed by atoms with Crippen LogP contribution >= 0.6 is 0 Å². The molecule has 2 N–H and O–H groups in total. The zero-order valence-electron chi connectivity index (χ0n) is 7.99. The average Bonchev–Trinajstić information content (AvgIpc) is 2.27. The minimum atomic E-state index is 0.634. The highest BCUT2D eigenvalue weighted by Crippen LogP contribution is 2.28. The Hall–Kier alpha value is -1.71. The summed E-state index contributed by atoms with van der Waals surface area (Å²) in [5.41, 5.74) is 1.79. The molecule has 74 valence electrons. The number of fused-ring (bicyclic) bond motifs is 1. The fourth-order valence-electron chi connectivity index (χ4n) is 1.51. The van der Waals surface area contributed by atoms with Gasteiger partial charge in [0.15, 0.2) is 0 Å². The highest BCUT2D eigenvalue weighted by Gasteiger charge is 2.17. The van der Waals surface area contributed by atoms with Gasteiger partial charge < -0.3 is 15.3 Å². The molecule has 0 bridgehead atoms. The third kappa shape index (κ3) is 1.39. The second-order valence-electron chi connectivity index (χ2n) is 3.04. The van der Waals surface area contributed by atoms with E-state index in [-0.39, 0.29) is 0 Å². The summed E-state index contributed by atoms with van der Waals surface area (Å²) < 4.78 is 10.6. The Morgan fingerprint density at radius 3 is 3.07 bits per heavy atom. The largest absolute Gasteiger partial charge is 0.497 e. The molecule has 4 nitrogen and oxygen atoms in total. The van der Waals surface area contributed by atoms with Crippen LogP contribution in [0.3, 0.4) is 0 Å². The lowest BCUT2D eigenvalue weighted by Gasteiger charge is -2.18. The number of methoxy groups -OCH3 is 1. The summed E-state index contributed by atoms with van der Waals surface area (Å²) in [5.74, 6) is 6.91. The summed E-state index contributed by atoms with van der Waals surface area (Å²) in [5, 5.41) is 3.75. The van der Waals surface area contributed by atoms with E-state index in [1.54, 1.807) is 7.11 Å². The first-order chi connectivity index (χ1) is 6.85. The van der Waals surface area contributed by atoms with Crippen molar-refractivity contribution < 1.29 is 9.47 Å². The molecule has 1 heterocycles. The van der Waals surface area contributed by atoms with Crippen LogP contribution in [-0.2, 0) is 0 Å². The summed E-state index contributed by atoms with van der Waals surface area (Å²) in [6.07, 6.45) is 0.747. The Kier molecular flexibility index (Phi) is 2.26. The van der Waals surface area contributed by atoms with E-state index in [0.717, 1.165) is 29.2 Å². The van der Waals surface area contributed by atoms with Gasteiger partial charge in [0.1, 0.15) is 11.5 Å². The number of hydrogen-bond donors (Lipinski definition) is 1. The Bertz CT molecular complexity index is 374. The van der Waals surface area contributed by atoms with Crippen molar-refractivity contribution in [1.29, 1.82) is 0 Å². The van der Waals surface area contributed by atoms with Crippen molar-refractivity contribution in [3.63, 3.8) is 0 Å². The fraction of sp³-hybridized carbons (Fsp3) is 0.300. The maximum absolute atomic E-state index is 5.46. The lowest BCUT2D eigenvalue weighted by atomic mass is 10.0. The van der Waals surface area contributed by atoms with Crippen LogP contribution in [0.2, 0.25) is 0 Å². The van der Waals surface area contributed by atoms with Gasteiger partial charge in [-0.3, -0.25) is 0 Å². The van der Waals surface area contributed by atoms with E-state index in [4.69, 9.17) is 15.3 Å². The van der Waals surface area contributed by atoms with Crippen LogP contribution in [0, 0.1) is 0 Å². The normalized spacial score (nSPS) is 17.4. The molecule has 0 fully saturated rings. The van der Waals surface area contributed by atoms with Crippen LogP contribution in [0.25, 0.3) is 0 Å². The summed E-state index contributed by atoms with van der Waals surface area (Å²) >= 11 is 0. The molecule has 4 heteroatoms. The molecule has 1 aliphatic rings. The van der Waals surface area contributed by atoms with Crippen LogP contribution < -0.4 is 15.3 Å². The number of rotatable bonds is 1. The minimum absolute atomic E-state index is 0.634. The van der Waals surface area contributed by atoms with Crippen LogP contribution in [-0.4, -0.2) is 19.4 Å². The fourth-order valence-corrected chi connectivity index (χ4v) is 1.51. The van der Waals surface area contributed by atoms with Gasteiger partial charge in [-0.1, -0.05) is 0 Å². The van der Waals surface area contributed by atoms with Gasteiger partial charge >= 0.3 is 0 Å². The number of ether oxygens (including phenoxy) is 2. The van der Waals surface area contributed by atoms with E-state index < -0.39 is 0 Å². The second kappa shape index (κ2) is 3.57. The molecule has 0 atom stereocenters. The number of benzene rings is 1. The van der Waals surface area contributed by atoms with Gasteiger partial charge in [0, 0.05) is 12.0 Å². The van der Waals surface area contributed by atoms with Crippen LogP contribution in [0.4, 0.5) is 0 Å². The summed E-state index contributed by atoms with van der Waals surface area (Å²) in [7, 11) is 1.63. The predicted octanol–water partition coefficient (Wildman–Crippen LogP) is 1.14. The molecule has 0 radical (unpaired) electrons. The number of hydrogen-bond acceptors (Lipinski definition) is 4. The van der Waals surface area contributed by atoms with Crippen molar-refractivity contribution in [3.05, 3.63) is 23.8 Å². The van der Waals surface area contributed by atoms with Gasteiger partial charge in [-0.15, -0.1) is 0 Å². The van der Waals surface area contributed by atoms with E-state index in [2.05, 4.69) is 5.10 Å². The molecular weight excluding hydrogens is 180 g/mol. The number of nitrogens with zero attached hydrogens (tertiary/aromatic N) is 1. The molecule has 0 aliphatic carbocycles. The molecule has 1 aliphatic heterocycles. The maximum atomic E-state index is 5.46. The molecular formula is C10H12N2O2. The van der Waals surface area contributed by atoms with Crippen LogP contribution in [0.1, 0.15) is 12.0 Å². The minimum Gasteiger partial charge on any atom is -0.497 e. The lowest BCUT2D eigenvalue weighted by Crippen LogP contribution is -2.17. The van der Waals surface area contributed by atoms with Crippen molar-refractivity contribution >= 4 is 5.71 Å². The molecule has 1 aromatic carbocycles. The molecule has 0 aromatic heterocycles. The van der Waals surface area contributed by atoms with Crippen molar-refractivity contribution in [2.75, 3.05) is 13.7 Å². The van der Waals surface area contributed by atoms with Crippen molar-refractivity contribution in [2.24, 2.45) is 10.9 Å². The average molecular weight is 192 g/mol. The van der Waals surface area contributed by atoms with Gasteiger partial charge in [-0.25, -0.2) is 0 Å². The van der Waals surface area contributed by atoms with E-state index in [1.165, 1.54) is 0 Å². The van der Waals surface area contributed by atoms with Gasteiger partial charge in [0.2, 0.25) is 0 Å². The molecule has 1 aromatic rings. The van der Waals surface area contributed by atoms with Gasteiger partial charge in [-0.05, 0) is 18.2 Å². The monoisotopic (exact) mass is 192 g/mol. The first kappa shape index (κ1) is 8.87. The Morgan fingerprint density at radius 1 is 1.50 bits per heavy atom. The van der Waals surface area contributed by atoms with E-state index in [1.807, 2.05) is 18.2 Å². The molecule has 0 amide bonds. The molecule has 0 spiro atoms. The van der Waals surface area contributed by atoms with Crippen molar-refractivity contribution in [1.82, 2.24) is 0 Å². The first-order valence-electron chi connectivity index (χ1n) is 4.43. The van der Waals surface area contributed by atoms with Gasteiger partial charge in [-0.2, -0.15) is 5.10 Å². The Balaban J connectivity index is 2.49. The summed E-state index contributed by atoms with van der Waals surface area (Å²) in [6, 6.07) is 5.62. The number of nitrogens with two attached hydrogens (primary N) is 1. The smallest absolute Gasteiger partial charge is 0.128 e. The first-order valence-corrected chi connectivity index (χ1v) is 4.43. The maximum Gasteiger partial charge on any atom is 0.128 e. The second-order valence-corrected chi connectivity index (χ2v) is 3.04. The summed E-state index contributed by atoms with van der Waals surface area (Å²) in [6.45, 7) is 0.634. The highest BCUT2D eigenvalue weighted by molar-refractivity contribution is 6.03. The van der Waals surface area contributed by atoms with E-state index in [9.17, 15) is 0 Å². The SMILES string of the molecule is COc1ccc2c(c1)/C(=N/N)CCO2. The molecule has 0 unspecified atom stereocenters. The highest BCUT2D eigenvalue weighted by atomic mass is 16.5. The zero-order valence-corrected chi connectivity index (χ0v) is 7.99. The van der Waals surface area contributed by atoms with Crippen LogP contribution in [0.5, 0.6) is 11.5 Å². The third-order valence-electron chi connectivity index (χ3n) is 2.25. The lowest BCUT2D eigenvalue weighted by molar-refractivity contribution is 0.319. The number of hydrazone groups is 1. The van der Waals surface area contributed by atoms with E-state index >= 15 is 0 Å². The molecule has 0 saturated carbocycles. The zero-order chi connectivity index (χ0) is 9.97. The standard InChI is InChI=1S/C10H12N2O2/c1-13-7-2-3-10-8(6-7)9(12-11)4-5-14-10/h2-3,6H,4-5,11H2,1H3/b12-9+. The third-order valence-corrected chi connectivity index (χ3v) is 2.25. The van der Waals surface area contributed by atoms with Crippen molar-refractivity contribution in [3.8, 4) is 11.5 Å². The molecule has 14 heavy (non-hydrogen) atoms. The van der Waals surface area contributed by atoms with Crippen molar-refractivity contribution in [2.45, 2.75) is 6.42 Å². The van der Waals surface area contributed by atoms with E-state index in [0.29, 0.717) is 6.61 Å². The summed E-state index contributed by atoms with van der Waals surface area (Å²) in [4.78, 5) is 0. The predicted molar refractivity (Wildman–Crippen MR) is 53.8 cm³/mol.